The van der Waals surface area contributed by atoms with Gasteiger partial charge in [-0.05, 0) is 6.42 Å². The molecule has 0 heterocycles. The second-order valence-electron chi connectivity index (χ2n) is 7.15. The molecule has 154 valence electrons. The maximum absolute atomic E-state index is 5.06. The Morgan fingerprint density at radius 1 is 0.480 bits per heavy atom. The minimum atomic E-state index is 0. The Kier molecular flexibility index (Phi) is 28.9. The lowest BCUT2D eigenvalue weighted by Gasteiger charge is -2.04. The standard InChI is InChI=1S/C21H45NO2.ClH/c1-2-3-4-5-6-7-8-9-10-11-12-13-14-15-16-17-18-20-23-24-21-19-22;/h2-22H2,1H3;1H. The van der Waals surface area contributed by atoms with Crippen LogP contribution in [0.5, 0.6) is 0 Å². The van der Waals surface area contributed by atoms with E-state index in [2.05, 4.69) is 12.7 Å². The molecule has 0 aromatic rings. The molecule has 4 heteroatoms. The van der Waals surface area contributed by atoms with Crippen LogP contribution >= 0.6 is 0 Å². The molecular formula is C21H46ClNO2. The van der Waals surface area contributed by atoms with Gasteiger partial charge in [-0.2, -0.15) is 0 Å². The molecule has 0 saturated heterocycles. The van der Waals surface area contributed by atoms with E-state index < -0.39 is 0 Å². The zero-order chi connectivity index (χ0) is 17.6. The third-order valence-corrected chi connectivity index (χ3v) is 4.64. The van der Waals surface area contributed by atoms with Crippen LogP contribution in [-0.4, -0.2) is 19.8 Å². The first-order valence-electron chi connectivity index (χ1n) is 11.0. The van der Waals surface area contributed by atoms with Gasteiger partial charge in [-0.25, -0.2) is 9.78 Å². The summed E-state index contributed by atoms with van der Waals surface area (Å²) < 4.78 is 0. The molecule has 3 nitrogen and oxygen atoms in total. The van der Waals surface area contributed by atoms with E-state index in [0.29, 0.717) is 6.61 Å². The predicted octanol–water partition coefficient (Wildman–Crippen LogP) is 2.83. The smallest absolute Gasteiger partial charge is 0.131 e. The molecule has 0 bridgehead atoms. The summed E-state index contributed by atoms with van der Waals surface area (Å²) in [4.78, 5) is 10.0. The molecular weight excluding hydrogens is 334 g/mol. The number of hydrogen-bond donors (Lipinski definition) is 1. The molecule has 25 heavy (non-hydrogen) atoms. The van der Waals surface area contributed by atoms with Crippen molar-refractivity contribution in [3.8, 4) is 0 Å². The van der Waals surface area contributed by atoms with Crippen molar-refractivity contribution in [1.82, 2.24) is 0 Å². The van der Waals surface area contributed by atoms with Gasteiger partial charge in [0.15, 0.2) is 0 Å². The van der Waals surface area contributed by atoms with Crippen LogP contribution in [0.25, 0.3) is 0 Å². The van der Waals surface area contributed by atoms with Gasteiger partial charge >= 0.3 is 0 Å². The summed E-state index contributed by atoms with van der Waals surface area (Å²) in [5, 5.41) is 0. The van der Waals surface area contributed by atoms with Gasteiger partial charge in [0.05, 0.1) is 6.61 Å². The fourth-order valence-corrected chi connectivity index (χ4v) is 3.06. The van der Waals surface area contributed by atoms with Gasteiger partial charge in [0.25, 0.3) is 0 Å². The number of halogens is 1. The molecule has 3 N–H and O–H groups in total. The Bertz CT molecular complexity index is 196. The largest absolute Gasteiger partial charge is 1.00 e. The van der Waals surface area contributed by atoms with Crippen LogP contribution in [0.1, 0.15) is 116 Å². The maximum Gasteiger partial charge on any atom is 0.131 e. The van der Waals surface area contributed by atoms with Gasteiger partial charge < -0.3 is 18.1 Å². The maximum atomic E-state index is 5.06. The molecule has 0 rings (SSSR count). The topological polar surface area (TPSA) is 46.1 Å². The molecule has 0 saturated carbocycles. The Balaban J connectivity index is 0. The van der Waals surface area contributed by atoms with Gasteiger partial charge in [0.2, 0.25) is 0 Å². The van der Waals surface area contributed by atoms with Crippen molar-refractivity contribution < 1.29 is 27.9 Å². The second-order valence-corrected chi connectivity index (χ2v) is 7.15. The average molecular weight is 380 g/mol. The van der Waals surface area contributed by atoms with Crippen LogP contribution in [0.2, 0.25) is 0 Å². The fraction of sp³-hybridized carbons (Fsp3) is 1.00. The molecule has 0 radical (unpaired) electrons. The summed E-state index contributed by atoms with van der Waals surface area (Å²) in [5.74, 6) is 0. The highest BCUT2D eigenvalue weighted by atomic mass is 35.5. The molecule has 0 amide bonds. The fourth-order valence-electron chi connectivity index (χ4n) is 3.06. The SMILES string of the molecule is CCCCCCCCCCCCCCCCCCCOOCC[NH3+].[Cl-]. The molecule has 0 aliphatic heterocycles. The summed E-state index contributed by atoms with van der Waals surface area (Å²) in [6.07, 6.45) is 23.9. The lowest BCUT2D eigenvalue weighted by molar-refractivity contribution is -0.402. The zero-order valence-corrected chi connectivity index (χ0v) is 17.8. The van der Waals surface area contributed by atoms with Crippen LogP contribution < -0.4 is 18.1 Å². The van der Waals surface area contributed by atoms with Gasteiger partial charge in [-0.3, -0.25) is 0 Å². The van der Waals surface area contributed by atoms with Crippen molar-refractivity contribution in [2.45, 2.75) is 116 Å². The second kappa shape index (κ2) is 26.4. The van der Waals surface area contributed by atoms with Gasteiger partial charge in [-0.1, -0.05) is 110 Å². The first-order chi connectivity index (χ1) is 11.9. The van der Waals surface area contributed by atoms with E-state index in [9.17, 15) is 0 Å². The summed E-state index contributed by atoms with van der Waals surface area (Å²) in [6.45, 7) is 4.41. The van der Waals surface area contributed by atoms with Crippen molar-refractivity contribution in [3.63, 3.8) is 0 Å². The highest BCUT2D eigenvalue weighted by molar-refractivity contribution is 4.50. The molecule has 0 aromatic heterocycles. The molecule has 0 unspecified atom stereocenters. The molecule has 0 fully saturated rings. The Morgan fingerprint density at radius 3 is 1.16 bits per heavy atom. The van der Waals surface area contributed by atoms with Gasteiger partial charge in [0, 0.05) is 0 Å². The monoisotopic (exact) mass is 379 g/mol. The van der Waals surface area contributed by atoms with Crippen molar-refractivity contribution in [3.05, 3.63) is 0 Å². The summed E-state index contributed by atoms with van der Waals surface area (Å²) >= 11 is 0. The van der Waals surface area contributed by atoms with Crippen molar-refractivity contribution >= 4 is 0 Å². The zero-order valence-electron chi connectivity index (χ0n) is 17.0. The van der Waals surface area contributed by atoms with Crippen LogP contribution in [0.3, 0.4) is 0 Å². The Labute approximate surface area is 164 Å². The first-order valence-corrected chi connectivity index (χ1v) is 11.0. The highest BCUT2D eigenvalue weighted by Gasteiger charge is 1.95. The number of hydrogen-bond acceptors (Lipinski definition) is 2. The third kappa shape index (κ3) is 26.5. The van der Waals surface area contributed by atoms with Crippen LogP contribution in [-0.2, 0) is 9.78 Å². The van der Waals surface area contributed by atoms with E-state index in [0.717, 1.165) is 19.6 Å². The van der Waals surface area contributed by atoms with E-state index in [1.807, 2.05) is 0 Å². The lowest BCUT2D eigenvalue weighted by atomic mass is 10.0. The van der Waals surface area contributed by atoms with E-state index in [1.165, 1.54) is 103 Å². The summed E-state index contributed by atoms with van der Waals surface area (Å²) in [5.41, 5.74) is 3.70. The molecule has 0 spiro atoms. The van der Waals surface area contributed by atoms with E-state index in [1.54, 1.807) is 0 Å². The van der Waals surface area contributed by atoms with E-state index in [4.69, 9.17) is 9.78 Å². The van der Waals surface area contributed by atoms with Crippen LogP contribution in [0.15, 0.2) is 0 Å². The molecule has 0 aromatic carbocycles. The predicted molar refractivity (Wildman–Crippen MR) is 104 cm³/mol. The van der Waals surface area contributed by atoms with Crippen LogP contribution in [0, 0.1) is 0 Å². The minimum Gasteiger partial charge on any atom is -1.00 e. The van der Waals surface area contributed by atoms with Crippen molar-refractivity contribution in [2.75, 3.05) is 19.8 Å². The van der Waals surface area contributed by atoms with Crippen molar-refractivity contribution in [1.29, 1.82) is 0 Å². The van der Waals surface area contributed by atoms with Crippen LogP contribution in [0.4, 0.5) is 0 Å². The van der Waals surface area contributed by atoms with E-state index >= 15 is 0 Å². The number of quaternary nitrogens is 1. The quantitative estimate of drug-likeness (QED) is 0.189. The van der Waals surface area contributed by atoms with Crippen molar-refractivity contribution in [2.24, 2.45) is 0 Å². The average Bonchev–Trinajstić information content (AvgIpc) is 2.60. The number of unbranched alkanes of at least 4 members (excludes halogenated alkanes) is 16. The lowest BCUT2D eigenvalue weighted by Crippen LogP contribution is -3.00. The molecule has 0 atom stereocenters. The number of rotatable bonds is 21. The molecule has 0 aliphatic carbocycles. The first kappa shape index (κ1) is 27.4. The summed E-state index contributed by atoms with van der Waals surface area (Å²) in [7, 11) is 0. The summed E-state index contributed by atoms with van der Waals surface area (Å²) in [6, 6.07) is 0. The normalized spacial score (nSPS) is 10.8. The Hall–Kier alpha value is 0.170. The molecule has 0 aliphatic rings. The minimum absolute atomic E-state index is 0. The highest BCUT2D eigenvalue weighted by Crippen LogP contribution is 2.13. The van der Waals surface area contributed by atoms with E-state index in [-0.39, 0.29) is 12.4 Å². The van der Waals surface area contributed by atoms with Gasteiger partial charge in [0.1, 0.15) is 13.2 Å². The van der Waals surface area contributed by atoms with Gasteiger partial charge in [-0.15, -0.1) is 0 Å². The Morgan fingerprint density at radius 2 is 0.800 bits per heavy atom. The third-order valence-electron chi connectivity index (χ3n) is 4.64.